The molecule has 0 unspecified atom stereocenters. The summed E-state index contributed by atoms with van der Waals surface area (Å²) in [6, 6.07) is 17.9. The minimum absolute atomic E-state index is 0.208. The Hall–Kier alpha value is -3.55. The summed E-state index contributed by atoms with van der Waals surface area (Å²) in [6.45, 7) is -0.208. The highest BCUT2D eigenvalue weighted by atomic mass is 35.5. The lowest BCUT2D eigenvalue weighted by atomic mass is 10.1. The molecule has 0 heterocycles. The fourth-order valence-corrected chi connectivity index (χ4v) is 3.28. The van der Waals surface area contributed by atoms with E-state index in [9.17, 15) is 14.4 Å². The average molecular weight is 486 g/mol. The van der Waals surface area contributed by atoms with Crippen LogP contribution in [0, 0.1) is 0 Å². The summed E-state index contributed by atoms with van der Waals surface area (Å²) in [5.74, 6) is -0.588. The van der Waals surface area contributed by atoms with Crippen LogP contribution in [0.4, 0.5) is 11.4 Å². The van der Waals surface area contributed by atoms with Crippen molar-refractivity contribution in [3.05, 3.63) is 87.9 Å². The lowest BCUT2D eigenvalue weighted by Crippen LogP contribution is -2.35. The van der Waals surface area contributed by atoms with Gasteiger partial charge in [0.1, 0.15) is 5.75 Å². The number of anilines is 2. The van der Waals surface area contributed by atoms with Crippen LogP contribution >= 0.6 is 23.2 Å². The number of carbonyl (C=O) groups is 3. The first-order valence-electron chi connectivity index (χ1n) is 9.83. The molecule has 0 aliphatic carbocycles. The van der Waals surface area contributed by atoms with E-state index in [-0.39, 0.29) is 18.0 Å². The average Bonchev–Trinajstić information content (AvgIpc) is 2.81. The molecule has 0 aromatic heterocycles. The first-order valence-corrected chi connectivity index (χ1v) is 10.6. The van der Waals surface area contributed by atoms with Crippen LogP contribution in [0.15, 0.2) is 66.7 Å². The Morgan fingerprint density at radius 1 is 0.909 bits per heavy atom. The van der Waals surface area contributed by atoms with Gasteiger partial charge >= 0.3 is 0 Å². The highest BCUT2D eigenvalue weighted by Gasteiger charge is 2.19. The van der Waals surface area contributed by atoms with E-state index < -0.39 is 11.8 Å². The summed E-state index contributed by atoms with van der Waals surface area (Å²) in [4.78, 5) is 39.3. The molecular formula is C24H21Cl2N3O4. The molecule has 3 rings (SSSR count). The number of amides is 3. The number of nitrogens with one attached hydrogen (secondary N) is 2. The number of halogens is 2. The van der Waals surface area contributed by atoms with E-state index in [1.165, 1.54) is 25.1 Å². The lowest BCUT2D eigenvalue weighted by molar-refractivity contribution is -0.116. The normalized spacial score (nSPS) is 10.3. The number of ether oxygens (including phenoxy) is 1. The van der Waals surface area contributed by atoms with E-state index >= 15 is 0 Å². The third-order valence-corrected chi connectivity index (χ3v) is 5.43. The molecule has 170 valence electrons. The molecule has 3 aromatic carbocycles. The second-order valence-corrected chi connectivity index (χ2v) is 7.88. The zero-order chi connectivity index (χ0) is 24.0. The molecule has 0 radical (unpaired) electrons. The van der Waals surface area contributed by atoms with Crippen molar-refractivity contribution < 1.29 is 19.1 Å². The van der Waals surface area contributed by atoms with Gasteiger partial charge in [-0.05, 0) is 54.6 Å². The van der Waals surface area contributed by atoms with Gasteiger partial charge in [-0.3, -0.25) is 14.4 Å². The molecule has 7 nitrogen and oxygen atoms in total. The van der Waals surface area contributed by atoms with Crippen molar-refractivity contribution >= 4 is 52.3 Å². The van der Waals surface area contributed by atoms with E-state index in [0.717, 1.165) is 0 Å². The predicted molar refractivity (Wildman–Crippen MR) is 129 cm³/mol. The van der Waals surface area contributed by atoms with Gasteiger partial charge in [-0.1, -0.05) is 35.3 Å². The number of methoxy groups -OCH3 is 1. The molecule has 0 spiro atoms. The quantitative estimate of drug-likeness (QED) is 0.494. The standard InChI is InChI=1S/C24H21Cl2N3O4/c1-29(14-22(30)27-16-9-12-19(25)20(26)13-16)24(32)18-5-3-4-6-21(18)28-23(31)15-7-10-17(33-2)11-8-15/h3-13H,14H2,1-2H3,(H,27,30)(H,28,31). The number of likely N-dealkylation sites (N-methyl/N-ethyl adjacent to an activating group) is 1. The number of hydrogen-bond acceptors (Lipinski definition) is 4. The Kier molecular flexibility index (Phi) is 7.92. The minimum atomic E-state index is -0.426. The topological polar surface area (TPSA) is 87.7 Å². The summed E-state index contributed by atoms with van der Waals surface area (Å²) < 4.78 is 5.10. The van der Waals surface area contributed by atoms with Gasteiger partial charge in [-0.25, -0.2) is 0 Å². The number of rotatable bonds is 7. The Labute approximate surface area is 201 Å². The van der Waals surface area contributed by atoms with Gasteiger partial charge in [0.15, 0.2) is 0 Å². The fraction of sp³-hybridized carbons (Fsp3) is 0.125. The molecule has 0 saturated heterocycles. The van der Waals surface area contributed by atoms with E-state index in [4.69, 9.17) is 27.9 Å². The van der Waals surface area contributed by atoms with Gasteiger partial charge < -0.3 is 20.3 Å². The Morgan fingerprint density at radius 3 is 2.27 bits per heavy atom. The molecule has 0 atom stereocenters. The first-order chi connectivity index (χ1) is 15.8. The molecule has 0 aliphatic heterocycles. The van der Waals surface area contributed by atoms with Crippen molar-refractivity contribution in [1.29, 1.82) is 0 Å². The van der Waals surface area contributed by atoms with Crippen LogP contribution in [-0.4, -0.2) is 43.3 Å². The van der Waals surface area contributed by atoms with Gasteiger partial charge in [-0.2, -0.15) is 0 Å². The summed E-state index contributed by atoms with van der Waals surface area (Å²) in [6.07, 6.45) is 0. The second kappa shape index (κ2) is 10.8. The minimum Gasteiger partial charge on any atom is -0.497 e. The van der Waals surface area contributed by atoms with Crippen molar-refractivity contribution in [2.75, 3.05) is 31.3 Å². The van der Waals surface area contributed by atoms with E-state index in [0.29, 0.717) is 32.7 Å². The number of nitrogens with zero attached hydrogens (tertiary/aromatic N) is 1. The second-order valence-electron chi connectivity index (χ2n) is 7.07. The largest absolute Gasteiger partial charge is 0.497 e. The molecule has 0 bridgehead atoms. The highest BCUT2D eigenvalue weighted by Crippen LogP contribution is 2.25. The number of carbonyl (C=O) groups excluding carboxylic acids is 3. The van der Waals surface area contributed by atoms with Crippen LogP contribution in [0.1, 0.15) is 20.7 Å². The van der Waals surface area contributed by atoms with E-state index in [1.54, 1.807) is 60.7 Å². The number of para-hydroxylation sites is 1. The fourth-order valence-electron chi connectivity index (χ4n) is 2.98. The van der Waals surface area contributed by atoms with E-state index in [2.05, 4.69) is 10.6 Å². The van der Waals surface area contributed by atoms with Crippen LogP contribution in [0.5, 0.6) is 5.75 Å². The molecule has 0 fully saturated rings. The molecule has 33 heavy (non-hydrogen) atoms. The maximum atomic E-state index is 13.0. The molecule has 0 aliphatic rings. The van der Waals surface area contributed by atoms with Crippen molar-refractivity contribution in [2.45, 2.75) is 0 Å². The van der Waals surface area contributed by atoms with E-state index in [1.807, 2.05) is 0 Å². The summed E-state index contributed by atoms with van der Waals surface area (Å²) in [5.41, 5.74) is 1.46. The van der Waals surface area contributed by atoms with Gasteiger partial charge in [0.2, 0.25) is 5.91 Å². The smallest absolute Gasteiger partial charge is 0.256 e. The maximum absolute atomic E-state index is 13.0. The summed E-state index contributed by atoms with van der Waals surface area (Å²) in [7, 11) is 3.04. The zero-order valence-corrected chi connectivity index (χ0v) is 19.4. The monoisotopic (exact) mass is 485 g/mol. The Balaban J connectivity index is 1.68. The maximum Gasteiger partial charge on any atom is 0.256 e. The first kappa shape index (κ1) is 24.1. The van der Waals surface area contributed by atoms with Crippen molar-refractivity contribution in [3.8, 4) is 5.75 Å². The summed E-state index contributed by atoms with van der Waals surface area (Å²) >= 11 is 11.8. The Bertz CT molecular complexity index is 1180. The van der Waals surface area contributed by atoms with Gasteiger partial charge in [0, 0.05) is 18.3 Å². The molecule has 3 aromatic rings. The third-order valence-electron chi connectivity index (χ3n) is 4.69. The lowest BCUT2D eigenvalue weighted by Gasteiger charge is -2.19. The summed E-state index contributed by atoms with van der Waals surface area (Å²) in [5, 5.41) is 6.10. The molecule has 9 heteroatoms. The van der Waals surface area contributed by atoms with Crippen molar-refractivity contribution in [2.24, 2.45) is 0 Å². The van der Waals surface area contributed by atoms with Gasteiger partial charge in [0.25, 0.3) is 11.8 Å². The van der Waals surface area contributed by atoms with Gasteiger partial charge in [-0.15, -0.1) is 0 Å². The predicted octanol–water partition coefficient (Wildman–Crippen LogP) is 4.97. The zero-order valence-electron chi connectivity index (χ0n) is 17.9. The molecular weight excluding hydrogens is 465 g/mol. The van der Waals surface area contributed by atoms with Crippen LogP contribution in [0.25, 0.3) is 0 Å². The van der Waals surface area contributed by atoms with Crippen LogP contribution in [-0.2, 0) is 4.79 Å². The highest BCUT2D eigenvalue weighted by molar-refractivity contribution is 6.42. The van der Waals surface area contributed by atoms with Crippen LogP contribution in [0.3, 0.4) is 0 Å². The third kappa shape index (κ3) is 6.25. The van der Waals surface area contributed by atoms with Crippen LogP contribution < -0.4 is 15.4 Å². The molecule has 2 N–H and O–H groups in total. The van der Waals surface area contributed by atoms with Crippen LogP contribution in [0.2, 0.25) is 10.0 Å². The number of benzene rings is 3. The van der Waals surface area contributed by atoms with Crippen molar-refractivity contribution in [3.63, 3.8) is 0 Å². The van der Waals surface area contributed by atoms with Crippen molar-refractivity contribution in [1.82, 2.24) is 4.90 Å². The molecule has 3 amide bonds. The molecule has 0 saturated carbocycles. The SMILES string of the molecule is COc1ccc(C(=O)Nc2ccccc2C(=O)N(C)CC(=O)Nc2ccc(Cl)c(Cl)c2)cc1. The Morgan fingerprint density at radius 2 is 1.61 bits per heavy atom. The number of hydrogen-bond donors (Lipinski definition) is 2. The van der Waals surface area contributed by atoms with Gasteiger partial charge in [0.05, 0.1) is 35.0 Å².